The number of hydrogen-bond donors (Lipinski definition) is 2. The van der Waals surface area contributed by atoms with Crippen molar-refractivity contribution in [2.45, 2.75) is 37.8 Å². The second-order valence-corrected chi connectivity index (χ2v) is 13.6. The molecule has 2 aliphatic heterocycles. The predicted octanol–water partition coefficient (Wildman–Crippen LogP) is 6.33. The third-order valence-electron chi connectivity index (χ3n) is 9.30. The van der Waals surface area contributed by atoms with E-state index in [0.717, 1.165) is 34.4 Å². The Bertz CT molecular complexity index is 1940. The van der Waals surface area contributed by atoms with Gasteiger partial charge in [0.15, 0.2) is 0 Å². The highest BCUT2D eigenvalue weighted by atomic mass is 35.5. The molecule has 2 amide bonds. The van der Waals surface area contributed by atoms with Crippen LogP contribution in [0.3, 0.4) is 0 Å². The lowest BCUT2D eigenvalue weighted by atomic mass is 9.92. The first-order valence-corrected chi connectivity index (χ1v) is 16.7. The molecule has 0 unspecified atom stereocenters. The zero-order valence-electron chi connectivity index (χ0n) is 26.7. The van der Waals surface area contributed by atoms with Crippen molar-refractivity contribution in [3.8, 4) is 16.9 Å². The summed E-state index contributed by atoms with van der Waals surface area (Å²) in [6, 6.07) is 16.3. The van der Waals surface area contributed by atoms with Gasteiger partial charge < -0.3 is 24.6 Å². The zero-order valence-corrected chi connectivity index (χ0v) is 28.2. The first-order valence-electron chi connectivity index (χ1n) is 16.0. The van der Waals surface area contributed by atoms with Crippen LogP contribution in [0.15, 0.2) is 67.0 Å². The van der Waals surface area contributed by atoms with Crippen LogP contribution in [0, 0.1) is 12.8 Å². The smallest absolute Gasteiger partial charge is 0.414 e. The third kappa shape index (κ3) is 6.83. The topological polar surface area (TPSA) is 132 Å². The van der Waals surface area contributed by atoms with Crippen molar-refractivity contribution in [2.75, 3.05) is 37.9 Å². The van der Waals surface area contributed by atoms with Gasteiger partial charge in [0.2, 0.25) is 0 Å². The Labute approximate surface area is 292 Å². The molecule has 2 atom stereocenters. The molecule has 1 aromatic heterocycles. The molecule has 4 aromatic rings. The van der Waals surface area contributed by atoms with Crippen LogP contribution in [0.4, 0.5) is 10.5 Å². The Hall–Kier alpha value is -4.58. The van der Waals surface area contributed by atoms with Gasteiger partial charge in [-0.25, -0.2) is 4.79 Å². The molecule has 1 aliphatic carbocycles. The summed E-state index contributed by atoms with van der Waals surface area (Å²) in [7, 11) is 0. The summed E-state index contributed by atoms with van der Waals surface area (Å²) in [5.41, 5.74) is 4.79. The minimum atomic E-state index is -1.01. The van der Waals surface area contributed by atoms with Crippen LogP contribution in [0.2, 0.25) is 10.0 Å². The monoisotopic (exact) mass is 704 g/mol. The molecule has 11 nitrogen and oxygen atoms in total. The van der Waals surface area contributed by atoms with E-state index in [1.165, 1.54) is 0 Å². The average Bonchev–Trinajstić information content (AvgIpc) is 3.71. The highest BCUT2D eigenvalue weighted by Crippen LogP contribution is 2.57. The zero-order chi connectivity index (χ0) is 34.3. The quantitative estimate of drug-likeness (QED) is 0.173. The molecular weight excluding hydrogens is 671 g/mol. The first kappa shape index (κ1) is 32.9. The molecule has 2 fully saturated rings. The van der Waals surface area contributed by atoms with Gasteiger partial charge in [-0.3, -0.25) is 19.2 Å². The number of anilines is 1. The first-order chi connectivity index (χ1) is 23.6. The number of carboxylic acid groups (broad SMARTS) is 1. The van der Waals surface area contributed by atoms with Gasteiger partial charge in [-0.05, 0) is 78.3 Å². The highest BCUT2D eigenvalue weighted by molar-refractivity contribution is 6.31. The minimum absolute atomic E-state index is 0.0974. The van der Waals surface area contributed by atoms with Gasteiger partial charge in [-0.2, -0.15) is 5.10 Å². The Morgan fingerprint density at radius 3 is 2.67 bits per heavy atom. The number of aliphatic carboxylic acids is 1. The molecule has 3 heterocycles. The fraction of sp³-hybridized carbons (Fsp3) is 0.333. The van der Waals surface area contributed by atoms with Gasteiger partial charge in [0.25, 0.3) is 5.91 Å². The van der Waals surface area contributed by atoms with E-state index in [1.54, 1.807) is 40.0 Å². The molecular formula is C36H34Cl2N4O7. The number of fused-ring (bicyclic) bond motifs is 3. The molecule has 13 heteroatoms. The van der Waals surface area contributed by atoms with E-state index in [2.05, 4.69) is 10.4 Å². The number of amides is 2. The summed E-state index contributed by atoms with van der Waals surface area (Å²) in [6.07, 6.45) is 4.07. The van der Waals surface area contributed by atoms with Crippen molar-refractivity contribution in [2.24, 2.45) is 5.92 Å². The molecule has 254 valence electrons. The van der Waals surface area contributed by atoms with Crippen molar-refractivity contribution < 1.29 is 33.7 Å². The van der Waals surface area contributed by atoms with Crippen LogP contribution in [-0.2, 0) is 20.8 Å². The fourth-order valence-corrected chi connectivity index (χ4v) is 6.95. The molecule has 2 N–H and O–H groups in total. The number of carbonyl (C=O) groups excluding carboxylic acids is 2. The molecule has 1 saturated heterocycles. The third-order valence-corrected chi connectivity index (χ3v) is 10.1. The summed E-state index contributed by atoms with van der Waals surface area (Å²) < 4.78 is 18.4. The molecule has 1 saturated carbocycles. The van der Waals surface area contributed by atoms with Crippen LogP contribution in [0.25, 0.3) is 11.1 Å². The highest BCUT2D eigenvalue weighted by Gasteiger charge is 2.48. The normalized spacial score (nSPS) is 18.5. The van der Waals surface area contributed by atoms with Crippen LogP contribution in [0.5, 0.6) is 5.75 Å². The van der Waals surface area contributed by atoms with Crippen molar-refractivity contribution in [3.05, 3.63) is 99.3 Å². The Morgan fingerprint density at radius 1 is 1.08 bits per heavy atom. The lowest BCUT2D eigenvalue weighted by Gasteiger charge is -2.40. The second-order valence-electron chi connectivity index (χ2n) is 12.8. The van der Waals surface area contributed by atoms with Gasteiger partial charge in [0.05, 0.1) is 43.6 Å². The van der Waals surface area contributed by atoms with E-state index < -0.39 is 23.5 Å². The molecule has 0 spiro atoms. The van der Waals surface area contributed by atoms with E-state index in [4.69, 9.17) is 37.4 Å². The van der Waals surface area contributed by atoms with Crippen LogP contribution in [0.1, 0.15) is 45.8 Å². The molecule has 7 rings (SSSR count). The lowest BCUT2D eigenvalue weighted by Crippen LogP contribution is -2.63. The van der Waals surface area contributed by atoms with Gasteiger partial charge in [-0.1, -0.05) is 41.4 Å². The maximum atomic E-state index is 13.3. The lowest BCUT2D eigenvalue weighted by molar-refractivity contribution is -0.145. The Kier molecular flexibility index (Phi) is 8.99. The van der Waals surface area contributed by atoms with Gasteiger partial charge in [-0.15, -0.1) is 0 Å². The van der Waals surface area contributed by atoms with Gasteiger partial charge >= 0.3 is 12.1 Å². The van der Waals surface area contributed by atoms with E-state index in [1.807, 2.05) is 43.5 Å². The molecule has 3 aliphatic rings. The number of halogens is 2. The molecule has 3 aromatic carbocycles. The number of rotatable bonds is 11. The maximum absolute atomic E-state index is 13.3. The second kappa shape index (κ2) is 13.4. The Morgan fingerprint density at radius 2 is 1.90 bits per heavy atom. The predicted molar refractivity (Wildman–Crippen MR) is 183 cm³/mol. The summed E-state index contributed by atoms with van der Waals surface area (Å²) in [4.78, 5) is 39.4. The number of hydrogen-bond acceptors (Lipinski definition) is 7. The van der Waals surface area contributed by atoms with Crippen molar-refractivity contribution in [1.29, 1.82) is 0 Å². The van der Waals surface area contributed by atoms with Crippen molar-refractivity contribution >= 4 is 46.9 Å². The van der Waals surface area contributed by atoms with E-state index in [-0.39, 0.29) is 32.8 Å². The number of aromatic nitrogens is 2. The summed E-state index contributed by atoms with van der Waals surface area (Å²) in [5.74, 6) is -0.0436. The molecule has 49 heavy (non-hydrogen) atoms. The van der Waals surface area contributed by atoms with Crippen LogP contribution in [-0.4, -0.2) is 71.4 Å². The van der Waals surface area contributed by atoms with Gasteiger partial charge in [0.1, 0.15) is 19.0 Å². The summed E-state index contributed by atoms with van der Waals surface area (Å²) in [6.45, 7) is 3.37. The number of benzene rings is 3. The number of ether oxygens (including phenoxy) is 3. The van der Waals surface area contributed by atoms with Crippen LogP contribution < -0.4 is 15.0 Å². The van der Waals surface area contributed by atoms with Crippen LogP contribution >= 0.6 is 23.2 Å². The van der Waals surface area contributed by atoms with Crippen molar-refractivity contribution in [1.82, 2.24) is 15.1 Å². The fourth-order valence-electron chi connectivity index (χ4n) is 6.61. The maximum Gasteiger partial charge on any atom is 0.414 e. The molecule has 0 bridgehead atoms. The number of nitrogens with one attached hydrogen (secondary N) is 1. The average molecular weight is 706 g/mol. The van der Waals surface area contributed by atoms with Gasteiger partial charge in [0, 0.05) is 39.5 Å². The minimum Gasteiger partial charge on any atom is -0.490 e. The largest absolute Gasteiger partial charge is 0.490 e. The Balaban J connectivity index is 1.04. The standard InChI is InChI=1S/C36H34Cl2N4O7/c1-21-28(37)5-3-7-31(21)48-10-11-49-35(46)42-18-23-13-27(23)33-26(4-2-6-30(33)42)25-15-39-41(17-25)16-24-12-22(8-9-29(24)38)34(45)40-36(14-32(43)44)19-47-20-36/h2-9,12,15,17,23,27H,10-11,13-14,16,18-20H2,1H3,(H,40,45)(H,43,44)/t23-,27-/m0/s1. The van der Waals surface area contributed by atoms with E-state index in [0.29, 0.717) is 51.8 Å². The number of carbonyl (C=O) groups is 3. The number of nitrogens with zero attached hydrogens (tertiary/aromatic N) is 3. The van der Waals surface area contributed by atoms with Crippen molar-refractivity contribution in [3.63, 3.8) is 0 Å². The molecule has 0 radical (unpaired) electrons. The van der Waals surface area contributed by atoms with E-state index >= 15 is 0 Å². The summed E-state index contributed by atoms with van der Waals surface area (Å²) in [5, 5.41) is 17.8. The number of carboxylic acids is 1. The summed E-state index contributed by atoms with van der Waals surface area (Å²) >= 11 is 12.7. The van der Waals surface area contributed by atoms with E-state index in [9.17, 15) is 19.5 Å². The SMILES string of the molecule is Cc1c(Cl)cccc1OCCOC(=O)N1C[C@@H]2C[C@@H]2c2c(-c3cnn(Cc4cc(C(=O)NC5(CC(=O)O)COC5)ccc4Cl)c3)cccc21.